The van der Waals surface area contributed by atoms with Crippen LogP contribution < -0.4 is 9.46 Å². The molecule has 0 aromatic heterocycles. The molecule has 6 heteroatoms. The summed E-state index contributed by atoms with van der Waals surface area (Å²) in [6.45, 7) is 4.43. The van der Waals surface area contributed by atoms with E-state index in [1.54, 1.807) is 19.1 Å². The van der Waals surface area contributed by atoms with E-state index in [1.165, 1.54) is 6.07 Å². The maximum Gasteiger partial charge on any atom is 0.212 e. The van der Waals surface area contributed by atoms with Crippen LogP contribution in [0, 0.1) is 11.7 Å². The predicted molar refractivity (Wildman–Crippen MR) is 98.7 cm³/mol. The summed E-state index contributed by atoms with van der Waals surface area (Å²) in [5.41, 5.74) is 0.710. The Balaban J connectivity index is 1.87. The number of ether oxygens (including phenoxy) is 1. The molecule has 0 saturated heterocycles. The summed E-state index contributed by atoms with van der Waals surface area (Å²) in [4.78, 5) is 0. The molecule has 142 valence electrons. The lowest BCUT2D eigenvalue weighted by atomic mass is 10.1. The van der Waals surface area contributed by atoms with Crippen LogP contribution in [-0.2, 0) is 10.0 Å². The summed E-state index contributed by atoms with van der Waals surface area (Å²) in [6.07, 6.45) is 7.22. The van der Waals surface area contributed by atoms with Gasteiger partial charge in [-0.2, -0.15) is 0 Å². The molecule has 4 nitrogen and oxygen atoms in total. The van der Waals surface area contributed by atoms with E-state index in [2.05, 4.69) is 11.6 Å². The Labute approximate surface area is 151 Å². The van der Waals surface area contributed by atoms with Crippen LogP contribution in [0.2, 0.25) is 0 Å². The van der Waals surface area contributed by atoms with E-state index < -0.39 is 21.9 Å². The predicted octanol–water partition coefficient (Wildman–Crippen LogP) is 4.57. The summed E-state index contributed by atoms with van der Waals surface area (Å²) < 4.78 is 46.5. The summed E-state index contributed by atoms with van der Waals surface area (Å²) in [5, 5.41) is 0. The highest BCUT2D eigenvalue weighted by Gasteiger charge is 2.23. The van der Waals surface area contributed by atoms with Crippen molar-refractivity contribution >= 4 is 10.0 Å². The first-order valence-electron chi connectivity index (χ1n) is 9.33. The van der Waals surface area contributed by atoms with Gasteiger partial charge in [-0.1, -0.05) is 38.7 Å². The van der Waals surface area contributed by atoms with Gasteiger partial charge in [0.2, 0.25) is 10.0 Å². The molecule has 1 aromatic rings. The minimum Gasteiger partial charge on any atom is -0.490 e. The zero-order chi connectivity index (χ0) is 18.3. The highest BCUT2D eigenvalue weighted by Crippen LogP contribution is 2.31. The number of nitrogens with one attached hydrogen (secondary N) is 1. The van der Waals surface area contributed by atoms with E-state index in [1.807, 2.05) is 0 Å². The van der Waals surface area contributed by atoms with E-state index in [9.17, 15) is 12.8 Å². The van der Waals surface area contributed by atoms with Gasteiger partial charge in [0, 0.05) is 6.04 Å². The molecule has 1 aliphatic carbocycles. The Bertz CT molecular complexity index is 644. The van der Waals surface area contributed by atoms with Gasteiger partial charge in [0.25, 0.3) is 0 Å². The third-order valence-electron chi connectivity index (χ3n) is 4.50. The molecule has 2 rings (SSSR count). The molecular formula is C19H30FNO3S. The molecule has 1 aromatic carbocycles. The molecule has 0 unspecified atom stereocenters. The SMILES string of the molecule is CCCCCCCS(=O)(=O)N[C@H](C)c1ccc(F)c(OCC2CC2)c1. The molecule has 0 aliphatic heterocycles. The standard InChI is InChI=1S/C19H30FNO3S/c1-3-4-5-6-7-12-25(22,23)21-15(2)17-10-11-18(20)19(13-17)24-14-16-8-9-16/h10-11,13,15-16,21H,3-9,12,14H2,1-2H3/t15-/m1/s1. The highest BCUT2D eigenvalue weighted by atomic mass is 32.2. The normalized spacial score (nSPS) is 16.0. The summed E-state index contributed by atoms with van der Waals surface area (Å²) >= 11 is 0. The number of halogens is 1. The van der Waals surface area contributed by atoms with Crippen LogP contribution in [-0.4, -0.2) is 20.8 Å². The summed E-state index contributed by atoms with van der Waals surface area (Å²) in [5.74, 6) is 0.463. The molecule has 1 N–H and O–H groups in total. The van der Waals surface area contributed by atoms with Crippen molar-refractivity contribution in [3.05, 3.63) is 29.6 Å². The molecular weight excluding hydrogens is 341 g/mol. The number of sulfonamides is 1. The van der Waals surface area contributed by atoms with Crippen molar-refractivity contribution < 1.29 is 17.5 Å². The van der Waals surface area contributed by atoms with Crippen LogP contribution in [0.4, 0.5) is 4.39 Å². The van der Waals surface area contributed by atoms with Crippen LogP contribution in [0.15, 0.2) is 18.2 Å². The smallest absolute Gasteiger partial charge is 0.212 e. The van der Waals surface area contributed by atoms with Gasteiger partial charge in [-0.3, -0.25) is 0 Å². The second-order valence-electron chi connectivity index (χ2n) is 7.02. The average molecular weight is 372 g/mol. The van der Waals surface area contributed by atoms with Crippen molar-refractivity contribution in [1.29, 1.82) is 0 Å². The van der Waals surface area contributed by atoms with Gasteiger partial charge in [-0.05, 0) is 49.8 Å². The molecule has 1 saturated carbocycles. The molecule has 1 aliphatic rings. The third kappa shape index (κ3) is 7.32. The van der Waals surface area contributed by atoms with Gasteiger partial charge in [0.15, 0.2) is 11.6 Å². The Morgan fingerprint density at radius 1 is 1.24 bits per heavy atom. The zero-order valence-electron chi connectivity index (χ0n) is 15.3. The van der Waals surface area contributed by atoms with Crippen molar-refractivity contribution in [3.8, 4) is 5.75 Å². The fourth-order valence-electron chi connectivity index (χ4n) is 2.68. The molecule has 0 bridgehead atoms. The minimum absolute atomic E-state index is 0.132. The first-order chi connectivity index (χ1) is 11.9. The van der Waals surface area contributed by atoms with E-state index in [0.717, 1.165) is 38.5 Å². The van der Waals surface area contributed by atoms with E-state index in [4.69, 9.17) is 4.74 Å². The van der Waals surface area contributed by atoms with Crippen molar-refractivity contribution in [2.75, 3.05) is 12.4 Å². The zero-order valence-corrected chi connectivity index (χ0v) is 16.1. The number of unbranched alkanes of at least 4 members (excludes halogenated alkanes) is 4. The number of rotatable bonds is 12. The topological polar surface area (TPSA) is 55.4 Å². The largest absolute Gasteiger partial charge is 0.490 e. The van der Waals surface area contributed by atoms with E-state index in [-0.39, 0.29) is 11.5 Å². The maximum atomic E-state index is 13.8. The maximum absolute atomic E-state index is 13.8. The number of benzene rings is 1. The van der Waals surface area contributed by atoms with Gasteiger partial charge in [0.05, 0.1) is 12.4 Å². The van der Waals surface area contributed by atoms with Crippen LogP contribution in [0.5, 0.6) is 5.75 Å². The molecule has 1 fully saturated rings. The van der Waals surface area contributed by atoms with Gasteiger partial charge in [-0.25, -0.2) is 17.5 Å². The van der Waals surface area contributed by atoms with Crippen LogP contribution in [0.1, 0.15) is 70.4 Å². The second-order valence-corrected chi connectivity index (χ2v) is 8.89. The van der Waals surface area contributed by atoms with E-state index >= 15 is 0 Å². The molecule has 0 radical (unpaired) electrons. The lowest BCUT2D eigenvalue weighted by molar-refractivity contribution is 0.285. The van der Waals surface area contributed by atoms with Crippen LogP contribution in [0.3, 0.4) is 0 Å². The van der Waals surface area contributed by atoms with Gasteiger partial charge >= 0.3 is 0 Å². The monoisotopic (exact) mass is 371 g/mol. The quantitative estimate of drug-likeness (QED) is 0.548. The van der Waals surface area contributed by atoms with Crippen molar-refractivity contribution in [2.45, 2.75) is 64.8 Å². The fourth-order valence-corrected chi connectivity index (χ4v) is 4.06. The van der Waals surface area contributed by atoms with Gasteiger partial charge < -0.3 is 4.74 Å². The van der Waals surface area contributed by atoms with Crippen LogP contribution >= 0.6 is 0 Å². The first-order valence-corrected chi connectivity index (χ1v) is 11.0. The van der Waals surface area contributed by atoms with Gasteiger partial charge in [0.1, 0.15) is 0 Å². The van der Waals surface area contributed by atoms with E-state index in [0.29, 0.717) is 24.5 Å². The fraction of sp³-hybridized carbons (Fsp3) is 0.684. The lowest BCUT2D eigenvalue weighted by Crippen LogP contribution is -2.29. The summed E-state index contributed by atoms with van der Waals surface area (Å²) in [6, 6.07) is 4.14. The van der Waals surface area contributed by atoms with Crippen molar-refractivity contribution in [3.63, 3.8) is 0 Å². The third-order valence-corrected chi connectivity index (χ3v) is 6.04. The molecule has 0 heterocycles. The van der Waals surface area contributed by atoms with Gasteiger partial charge in [-0.15, -0.1) is 0 Å². The highest BCUT2D eigenvalue weighted by molar-refractivity contribution is 7.89. The molecule has 1 atom stereocenters. The Morgan fingerprint density at radius 3 is 2.64 bits per heavy atom. The second kappa shape index (κ2) is 9.53. The molecule has 0 amide bonds. The average Bonchev–Trinajstić information content (AvgIpc) is 3.37. The number of hydrogen-bond donors (Lipinski definition) is 1. The number of hydrogen-bond acceptors (Lipinski definition) is 3. The lowest BCUT2D eigenvalue weighted by Gasteiger charge is -2.16. The summed E-state index contributed by atoms with van der Waals surface area (Å²) in [7, 11) is -3.34. The Kier molecular flexibility index (Phi) is 7.69. The van der Waals surface area contributed by atoms with Crippen molar-refractivity contribution in [1.82, 2.24) is 4.72 Å². The molecule has 25 heavy (non-hydrogen) atoms. The van der Waals surface area contributed by atoms with Crippen LogP contribution in [0.25, 0.3) is 0 Å². The first kappa shape index (κ1) is 20.2. The molecule has 0 spiro atoms. The Hall–Kier alpha value is -1.14. The van der Waals surface area contributed by atoms with Crippen molar-refractivity contribution in [2.24, 2.45) is 5.92 Å². The Morgan fingerprint density at radius 2 is 1.96 bits per heavy atom. The minimum atomic E-state index is -3.34.